The van der Waals surface area contributed by atoms with E-state index in [1.165, 1.54) is 36.3 Å². The van der Waals surface area contributed by atoms with E-state index in [1.54, 1.807) is 25.1 Å². The van der Waals surface area contributed by atoms with Crippen LogP contribution in [0.1, 0.15) is 15.9 Å². The minimum Gasteiger partial charge on any atom is -0.496 e. The average Bonchev–Trinajstić information content (AvgIpc) is 3.27. The highest BCUT2D eigenvalue weighted by atomic mass is 19.3. The second kappa shape index (κ2) is 10.6. The molecule has 0 atom stereocenters. The maximum atomic E-state index is 13.2. The van der Waals surface area contributed by atoms with Crippen LogP contribution in [0.2, 0.25) is 0 Å². The lowest BCUT2D eigenvalue weighted by molar-refractivity contribution is -0.114. The molecule has 10 nitrogen and oxygen atoms in total. The van der Waals surface area contributed by atoms with Crippen molar-refractivity contribution in [3.63, 3.8) is 0 Å². The third kappa shape index (κ3) is 5.12. The van der Waals surface area contributed by atoms with Gasteiger partial charge in [-0.2, -0.15) is 0 Å². The van der Waals surface area contributed by atoms with Crippen LogP contribution in [0.3, 0.4) is 0 Å². The minimum absolute atomic E-state index is 0.134. The number of anilines is 2. The summed E-state index contributed by atoms with van der Waals surface area (Å²) >= 11 is 0. The molecule has 2 aromatic heterocycles. The standard InChI is InChI=1S/C25H22F3N7O3/c1-12-8-14(4-6-16(12)25(37)30-10-19(27)28)20-21(34-35-22(20)23(29)31-11-32-35)17-7-5-15(9-18(17)38-3)33-24(36)13(2)26/h4-9,11,19H,2,10H2,1,3H3,(H,30,37)(H,33,36)(H2,29,31,32). The summed E-state index contributed by atoms with van der Waals surface area (Å²) in [7, 11) is 1.42. The lowest BCUT2D eigenvalue weighted by Crippen LogP contribution is -2.28. The molecule has 0 saturated heterocycles. The Morgan fingerprint density at radius 1 is 1.21 bits per heavy atom. The van der Waals surface area contributed by atoms with Gasteiger partial charge in [0.2, 0.25) is 0 Å². The number of ether oxygens (including phenoxy) is 1. The van der Waals surface area contributed by atoms with Crippen LogP contribution in [0.4, 0.5) is 24.7 Å². The molecule has 2 heterocycles. The Bertz CT molecular complexity index is 1570. The number of nitrogen functional groups attached to an aromatic ring is 1. The predicted molar refractivity (Wildman–Crippen MR) is 135 cm³/mol. The van der Waals surface area contributed by atoms with Crippen LogP contribution in [-0.2, 0) is 4.79 Å². The van der Waals surface area contributed by atoms with Crippen molar-refractivity contribution in [3.8, 4) is 28.1 Å². The molecule has 13 heteroatoms. The number of fused-ring (bicyclic) bond motifs is 1. The molecule has 2 amide bonds. The van der Waals surface area contributed by atoms with E-state index < -0.39 is 30.6 Å². The molecule has 0 radical (unpaired) electrons. The summed E-state index contributed by atoms with van der Waals surface area (Å²) in [4.78, 5) is 28.1. The second-order valence-electron chi connectivity index (χ2n) is 8.11. The van der Waals surface area contributed by atoms with Crippen molar-refractivity contribution >= 4 is 28.8 Å². The molecule has 38 heavy (non-hydrogen) atoms. The zero-order valence-electron chi connectivity index (χ0n) is 20.3. The van der Waals surface area contributed by atoms with Crippen LogP contribution in [0.25, 0.3) is 27.9 Å². The van der Waals surface area contributed by atoms with Gasteiger partial charge in [0, 0.05) is 28.4 Å². The zero-order valence-corrected chi connectivity index (χ0v) is 20.3. The maximum absolute atomic E-state index is 13.2. The van der Waals surface area contributed by atoms with Crippen LogP contribution in [0.5, 0.6) is 5.75 Å². The van der Waals surface area contributed by atoms with E-state index in [2.05, 4.69) is 32.4 Å². The van der Waals surface area contributed by atoms with E-state index in [0.29, 0.717) is 39.2 Å². The number of carbonyl (C=O) groups excluding carboxylic acids is 2. The Morgan fingerprint density at radius 2 is 1.97 bits per heavy atom. The molecule has 0 fully saturated rings. The molecule has 4 aromatic rings. The van der Waals surface area contributed by atoms with Crippen molar-refractivity contribution in [3.05, 3.63) is 66.3 Å². The monoisotopic (exact) mass is 525 g/mol. The van der Waals surface area contributed by atoms with Gasteiger partial charge in [0.25, 0.3) is 18.2 Å². The Labute approximate surface area is 214 Å². The number of aryl methyl sites for hydroxylation is 1. The molecule has 0 aliphatic carbocycles. The molecule has 0 aliphatic heterocycles. The number of alkyl halides is 2. The van der Waals surface area contributed by atoms with Gasteiger partial charge in [-0.3, -0.25) is 9.59 Å². The largest absolute Gasteiger partial charge is 0.496 e. The smallest absolute Gasteiger partial charge is 0.283 e. The highest BCUT2D eigenvalue weighted by molar-refractivity contribution is 6.03. The highest BCUT2D eigenvalue weighted by Gasteiger charge is 2.24. The number of aromatic nitrogens is 4. The van der Waals surface area contributed by atoms with Gasteiger partial charge in [-0.1, -0.05) is 18.7 Å². The topological polar surface area (TPSA) is 137 Å². The fourth-order valence-electron chi connectivity index (χ4n) is 3.88. The molecule has 196 valence electrons. The number of nitrogens with two attached hydrogens (primary N) is 1. The fourth-order valence-corrected chi connectivity index (χ4v) is 3.88. The van der Waals surface area contributed by atoms with Crippen molar-refractivity contribution < 1.29 is 27.5 Å². The van der Waals surface area contributed by atoms with Crippen LogP contribution < -0.4 is 21.1 Å². The first kappa shape index (κ1) is 26.1. The SMILES string of the molecule is C=C(F)C(=O)Nc1ccc(-c2nn3ncnc(N)c3c2-c2ccc(C(=O)NCC(F)F)c(C)c2)c(OC)c1. The number of rotatable bonds is 8. The number of hydrogen-bond donors (Lipinski definition) is 3. The molecule has 4 N–H and O–H groups in total. The van der Waals surface area contributed by atoms with Gasteiger partial charge >= 0.3 is 0 Å². The second-order valence-corrected chi connectivity index (χ2v) is 8.11. The van der Waals surface area contributed by atoms with Gasteiger partial charge in [0.15, 0.2) is 11.6 Å². The number of carbonyl (C=O) groups is 2. The van der Waals surface area contributed by atoms with Crippen molar-refractivity contribution in [2.24, 2.45) is 0 Å². The summed E-state index contributed by atoms with van der Waals surface area (Å²) in [6.45, 7) is 3.88. The van der Waals surface area contributed by atoms with E-state index in [1.807, 2.05) is 0 Å². The van der Waals surface area contributed by atoms with Crippen molar-refractivity contribution in [1.29, 1.82) is 0 Å². The molecule has 0 aliphatic rings. The molecule has 0 bridgehead atoms. The fraction of sp³-hybridized carbons (Fsp3) is 0.160. The van der Waals surface area contributed by atoms with Crippen molar-refractivity contribution in [2.45, 2.75) is 13.3 Å². The van der Waals surface area contributed by atoms with Crippen LogP contribution in [0, 0.1) is 6.92 Å². The Hall–Kier alpha value is -4.94. The summed E-state index contributed by atoms with van der Waals surface area (Å²) in [5.41, 5.74) is 9.54. The Kier molecular flexibility index (Phi) is 7.28. The number of amides is 2. The first-order valence-electron chi connectivity index (χ1n) is 11.1. The third-order valence-electron chi connectivity index (χ3n) is 5.61. The number of nitrogens with one attached hydrogen (secondary N) is 2. The maximum Gasteiger partial charge on any atom is 0.283 e. The molecular formula is C25H22F3N7O3. The van der Waals surface area contributed by atoms with Crippen molar-refractivity contribution in [2.75, 3.05) is 24.7 Å². The summed E-state index contributed by atoms with van der Waals surface area (Å²) in [6, 6.07) is 9.47. The average molecular weight is 525 g/mol. The quantitative estimate of drug-likeness (QED) is 0.298. The number of nitrogens with zero attached hydrogens (tertiary/aromatic N) is 4. The molecule has 0 saturated carbocycles. The zero-order chi connectivity index (χ0) is 27.6. The van der Waals surface area contributed by atoms with Crippen LogP contribution in [0.15, 0.2) is 55.1 Å². The predicted octanol–water partition coefficient (Wildman–Crippen LogP) is 3.77. The molecule has 2 aromatic carbocycles. The van der Waals surface area contributed by atoms with E-state index in [-0.39, 0.29) is 17.1 Å². The van der Waals surface area contributed by atoms with Gasteiger partial charge in [0.1, 0.15) is 23.3 Å². The minimum atomic E-state index is -2.67. The van der Waals surface area contributed by atoms with Gasteiger partial charge in [-0.25, -0.2) is 18.2 Å². The first-order valence-corrected chi connectivity index (χ1v) is 11.1. The lowest BCUT2D eigenvalue weighted by atomic mass is 9.95. The van der Waals surface area contributed by atoms with Gasteiger partial charge in [-0.15, -0.1) is 14.8 Å². The van der Waals surface area contributed by atoms with Crippen LogP contribution >= 0.6 is 0 Å². The summed E-state index contributed by atoms with van der Waals surface area (Å²) in [5.74, 6) is -2.35. The van der Waals surface area contributed by atoms with Gasteiger partial charge in [-0.05, 0) is 36.2 Å². The molecule has 4 rings (SSSR count). The van der Waals surface area contributed by atoms with Crippen LogP contribution in [-0.4, -0.2) is 51.7 Å². The summed E-state index contributed by atoms with van der Waals surface area (Å²) in [5, 5.41) is 13.3. The summed E-state index contributed by atoms with van der Waals surface area (Å²) < 4.78 is 45.1. The molecular weight excluding hydrogens is 503 g/mol. The van der Waals surface area contributed by atoms with E-state index >= 15 is 0 Å². The number of hydrogen-bond acceptors (Lipinski definition) is 7. The Morgan fingerprint density at radius 3 is 2.63 bits per heavy atom. The van der Waals surface area contributed by atoms with E-state index in [4.69, 9.17) is 10.5 Å². The molecule has 0 unspecified atom stereocenters. The number of methoxy groups -OCH3 is 1. The first-order chi connectivity index (χ1) is 18.1. The Balaban J connectivity index is 1.85. The lowest BCUT2D eigenvalue weighted by Gasteiger charge is -2.13. The summed E-state index contributed by atoms with van der Waals surface area (Å²) in [6.07, 6.45) is -1.43. The number of benzene rings is 2. The molecule has 0 spiro atoms. The number of halogens is 3. The van der Waals surface area contributed by atoms with E-state index in [0.717, 1.165) is 0 Å². The van der Waals surface area contributed by atoms with Crippen molar-refractivity contribution in [1.82, 2.24) is 25.1 Å². The third-order valence-corrected chi connectivity index (χ3v) is 5.61. The normalized spacial score (nSPS) is 11.0. The van der Waals surface area contributed by atoms with Gasteiger partial charge in [0.05, 0.1) is 13.7 Å². The van der Waals surface area contributed by atoms with E-state index in [9.17, 15) is 22.8 Å². The van der Waals surface area contributed by atoms with Gasteiger partial charge < -0.3 is 21.1 Å². The highest BCUT2D eigenvalue weighted by Crippen LogP contribution is 2.41.